The first kappa shape index (κ1) is 13.0. The Labute approximate surface area is 111 Å². The molecule has 0 saturated carbocycles. The molecule has 0 aliphatic carbocycles. The molecule has 0 aliphatic heterocycles. The minimum Gasteiger partial charge on any atom is -0.336 e. The van der Waals surface area contributed by atoms with Gasteiger partial charge in [-0.15, -0.1) is 0 Å². The van der Waals surface area contributed by atoms with Crippen molar-refractivity contribution < 1.29 is 4.79 Å². The number of hydrogen-bond acceptors (Lipinski definition) is 2. The number of carbonyl (C=O) groups is 1. The average molecular weight is 256 g/mol. The lowest BCUT2D eigenvalue weighted by Gasteiger charge is -2.03. The summed E-state index contributed by atoms with van der Waals surface area (Å²) in [6, 6.07) is 11.2. The van der Waals surface area contributed by atoms with Crippen LogP contribution in [0, 0.1) is 0 Å². The molecule has 2 aromatic rings. The molecule has 0 atom stereocenters. The van der Waals surface area contributed by atoms with Crippen LogP contribution in [0.2, 0.25) is 0 Å². The van der Waals surface area contributed by atoms with Crippen molar-refractivity contribution in [3.8, 4) is 5.69 Å². The molecule has 2 amide bonds. The number of para-hydroxylation sites is 1. The fourth-order valence-electron chi connectivity index (χ4n) is 1.54. The van der Waals surface area contributed by atoms with Crippen molar-refractivity contribution in [2.45, 2.75) is 13.3 Å². The van der Waals surface area contributed by atoms with E-state index < -0.39 is 0 Å². The van der Waals surface area contributed by atoms with E-state index >= 15 is 0 Å². The van der Waals surface area contributed by atoms with E-state index in [1.807, 2.05) is 37.3 Å². The Hall–Kier alpha value is -2.43. The molecule has 98 valence electrons. The maximum absolute atomic E-state index is 11.4. The smallest absolute Gasteiger partial charge is 0.336 e. The van der Waals surface area contributed by atoms with Crippen LogP contribution in [-0.2, 0) is 0 Å². The lowest BCUT2D eigenvalue weighted by molar-refractivity contribution is 0.248. The van der Waals surface area contributed by atoms with Gasteiger partial charge in [0.15, 0.2) is 0 Å². The summed E-state index contributed by atoms with van der Waals surface area (Å²) in [5.74, 6) is 0. The van der Waals surface area contributed by atoms with Crippen LogP contribution in [-0.4, -0.2) is 22.4 Å². The van der Waals surface area contributed by atoms with Gasteiger partial charge in [-0.2, -0.15) is 10.1 Å². The molecule has 5 nitrogen and oxygen atoms in total. The molecule has 2 rings (SSSR count). The van der Waals surface area contributed by atoms with E-state index in [0.29, 0.717) is 11.9 Å². The Morgan fingerprint density at radius 1 is 1.32 bits per heavy atom. The maximum Gasteiger partial charge on any atom is 0.341 e. The van der Waals surface area contributed by atoms with Crippen molar-refractivity contribution in [1.29, 1.82) is 0 Å². The fourth-order valence-corrected chi connectivity index (χ4v) is 1.54. The van der Waals surface area contributed by atoms with Crippen LogP contribution in [0.5, 0.6) is 0 Å². The van der Waals surface area contributed by atoms with Gasteiger partial charge in [0.1, 0.15) is 0 Å². The zero-order valence-electron chi connectivity index (χ0n) is 10.8. The van der Waals surface area contributed by atoms with Crippen molar-refractivity contribution in [2.75, 3.05) is 6.54 Å². The zero-order chi connectivity index (χ0) is 13.5. The van der Waals surface area contributed by atoms with Crippen molar-refractivity contribution in [3.63, 3.8) is 0 Å². The summed E-state index contributed by atoms with van der Waals surface area (Å²) in [6.07, 6.45) is 4.24. The third kappa shape index (κ3) is 3.77. The highest BCUT2D eigenvalue weighted by atomic mass is 16.2. The lowest BCUT2D eigenvalue weighted by atomic mass is 10.3. The van der Waals surface area contributed by atoms with Crippen LogP contribution in [0.25, 0.3) is 5.69 Å². The fraction of sp³-hybridized carbons (Fsp3) is 0.214. The monoisotopic (exact) mass is 256 g/mol. The van der Waals surface area contributed by atoms with Crippen LogP contribution < -0.4 is 10.7 Å². The van der Waals surface area contributed by atoms with Crippen LogP contribution in [0.4, 0.5) is 4.79 Å². The second-order valence-electron chi connectivity index (χ2n) is 4.01. The second-order valence-corrected chi connectivity index (χ2v) is 4.01. The molecule has 0 bridgehead atoms. The van der Waals surface area contributed by atoms with E-state index in [1.54, 1.807) is 23.1 Å². The highest BCUT2D eigenvalue weighted by Gasteiger charge is 1.96. The van der Waals surface area contributed by atoms with Gasteiger partial charge in [0.05, 0.1) is 17.2 Å². The van der Waals surface area contributed by atoms with Gasteiger partial charge in [0, 0.05) is 12.7 Å². The summed E-state index contributed by atoms with van der Waals surface area (Å²) < 4.78 is 1.73. The Balaban J connectivity index is 2.15. The number of aromatic nitrogens is 2. The predicted octanol–water partition coefficient (Wildman–Crippen LogP) is 1.89. The standard InChI is InChI=1S/C14H16N4O/c1-2-9-15-14(19)17-12-8-10-18(16-11-12)13-6-4-3-5-7-13/h3-8,10-11H,2,9H2,1H3,(H,15,19)/b17-12+. The molecular formula is C14H16N4O. The topological polar surface area (TPSA) is 59.3 Å². The van der Waals surface area contributed by atoms with E-state index in [9.17, 15) is 4.79 Å². The molecule has 5 heteroatoms. The molecule has 1 N–H and O–H groups in total. The van der Waals surface area contributed by atoms with Gasteiger partial charge < -0.3 is 5.32 Å². The van der Waals surface area contributed by atoms with Gasteiger partial charge in [0.2, 0.25) is 0 Å². The van der Waals surface area contributed by atoms with Gasteiger partial charge in [-0.3, -0.25) is 0 Å². The average Bonchev–Trinajstić information content (AvgIpc) is 2.47. The summed E-state index contributed by atoms with van der Waals surface area (Å²) in [5.41, 5.74) is 0.962. The molecule has 1 aromatic heterocycles. The van der Waals surface area contributed by atoms with E-state index in [2.05, 4.69) is 15.4 Å². The predicted molar refractivity (Wildman–Crippen MR) is 72.8 cm³/mol. The number of amides is 2. The molecule has 19 heavy (non-hydrogen) atoms. The quantitative estimate of drug-likeness (QED) is 0.911. The SMILES string of the molecule is CCCNC(=O)/N=c1\ccn(-c2ccccc2)nc1. The summed E-state index contributed by atoms with van der Waals surface area (Å²) in [5, 5.41) is 7.45. The molecule has 0 unspecified atom stereocenters. The minimum atomic E-state index is -0.332. The second kappa shape index (κ2) is 6.49. The van der Waals surface area contributed by atoms with Crippen molar-refractivity contribution in [3.05, 3.63) is 54.1 Å². The summed E-state index contributed by atoms with van der Waals surface area (Å²) in [6.45, 7) is 2.62. The Morgan fingerprint density at radius 3 is 2.74 bits per heavy atom. The molecule has 1 heterocycles. The van der Waals surface area contributed by atoms with E-state index in [4.69, 9.17) is 0 Å². The largest absolute Gasteiger partial charge is 0.341 e. The van der Waals surface area contributed by atoms with Crippen molar-refractivity contribution >= 4 is 6.03 Å². The number of nitrogens with zero attached hydrogens (tertiary/aromatic N) is 3. The van der Waals surface area contributed by atoms with E-state index in [0.717, 1.165) is 12.1 Å². The highest BCUT2D eigenvalue weighted by Crippen LogP contribution is 2.02. The van der Waals surface area contributed by atoms with Gasteiger partial charge in [-0.25, -0.2) is 9.48 Å². The number of rotatable bonds is 3. The lowest BCUT2D eigenvalue weighted by Crippen LogP contribution is -2.23. The van der Waals surface area contributed by atoms with E-state index in [1.165, 1.54) is 0 Å². The number of nitrogens with one attached hydrogen (secondary N) is 1. The molecule has 0 radical (unpaired) electrons. The molecule has 0 spiro atoms. The Kier molecular flexibility index (Phi) is 4.44. The minimum absolute atomic E-state index is 0.332. The first-order valence-corrected chi connectivity index (χ1v) is 6.22. The molecular weight excluding hydrogens is 240 g/mol. The third-order valence-corrected chi connectivity index (χ3v) is 2.48. The summed E-state index contributed by atoms with van der Waals surface area (Å²) in [7, 11) is 0. The van der Waals surface area contributed by atoms with Gasteiger partial charge in [-0.05, 0) is 24.6 Å². The number of carbonyl (C=O) groups excluding carboxylic acids is 1. The zero-order valence-corrected chi connectivity index (χ0v) is 10.8. The molecule has 1 aromatic carbocycles. The first-order chi connectivity index (χ1) is 9.29. The van der Waals surface area contributed by atoms with Crippen LogP contribution in [0.3, 0.4) is 0 Å². The van der Waals surface area contributed by atoms with E-state index in [-0.39, 0.29) is 6.03 Å². The van der Waals surface area contributed by atoms with Gasteiger partial charge in [0.25, 0.3) is 0 Å². The number of hydrogen-bond donors (Lipinski definition) is 1. The Bertz CT molecular complexity index is 584. The highest BCUT2D eigenvalue weighted by molar-refractivity contribution is 5.74. The number of urea groups is 1. The van der Waals surface area contributed by atoms with Gasteiger partial charge in [-0.1, -0.05) is 25.1 Å². The molecule has 0 aliphatic rings. The van der Waals surface area contributed by atoms with Crippen LogP contribution in [0.15, 0.2) is 53.8 Å². The molecule has 0 saturated heterocycles. The van der Waals surface area contributed by atoms with Crippen molar-refractivity contribution in [1.82, 2.24) is 15.1 Å². The van der Waals surface area contributed by atoms with Gasteiger partial charge >= 0.3 is 6.03 Å². The third-order valence-electron chi connectivity index (χ3n) is 2.48. The Morgan fingerprint density at radius 2 is 2.11 bits per heavy atom. The summed E-state index contributed by atoms with van der Waals surface area (Å²) in [4.78, 5) is 15.3. The maximum atomic E-state index is 11.4. The van der Waals surface area contributed by atoms with Crippen LogP contribution >= 0.6 is 0 Å². The number of benzene rings is 1. The molecule has 0 fully saturated rings. The van der Waals surface area contributed by atoms with Crippen molar-refractivity contribution in [2.24, 2.45) is 4.99 Å². The first-order valence-electron chi connectivity index (χ1n) is 6.22. The normalized spacial score (nSPS) is 11.3. The summed E-state index contributed by atoms with van der Waals surface area (Å²) >= 11 is 0. The van der Waals surface area contributed by atoms with Crippen LogP contribution in [0.1, 0.15) is 13.3 Å².